The van der Waals surface area contributed by atoms with Crippen LogP contribution in [0.5, 0.6) is 0 Å². The van der Waals surface area contributed by atoms with Crippen molar-refractivity contribution in [3.05, 3.63) is 35.4 Å². The molecule has 68 valence electrons. The van der Waals surface area contributed by atoms with E-state index in [1.54, 1.807) is 0 Å². The van der Waals surface area contributed by atoms with Gasteiger partial charge in [-0.15, -0.1) is 0 Å². The van der Waals surface area contributed by atoms with Crippen LogP contribution >= 0.6 is 0 Å². The molecule has 3 N–H and O–H groups in total. The average Bonchev–Trinajstić information content (AvgIpc) is 2.48. The van der Waals surface area contributed by atoms with E-state index < -0.39 is 6.03 Å². The maximum atomic E-state index is 10.7. The minimum absolute atomic E-state index is 0.119. The Kier molecular flexibility index (Phi) is 1.93. The maximum absolute atomic E-state index is 10.7. The lowest BCUT2D eigenvalue weighted by Crippen LogP contribution is -2.32. The minimum atomic E-state index is -0.443. The lowest BCUT2D eigenvalue weighted by Gasteiger charge is -2.11. The van der Waals surface area contributed by atoms with Gasteiger partial charge in [0.05, 0.1) is 6.04 Å². The molecule has 0 aliphatic heterocycles. The number of aryl methyl sites for hydroxylation is 1. The van der Waals surface area contributed by atoms with Gasteiger partial charge in [0.25, 0.3) is 0 Å². The summed E-state index contributed by atoms with van der Waals surface area (Å²) in [5.41, 5.74) is 7.61. The number of hydrogen-bond donors (Lipinski definition) is 2. The van der Waals surface area contributed by atoms with Gasteiger partial charge in [0.2, 0.25) is 0 Å². The Morgan fingerprint density at radius 1 is 1.46 bits per heavy atom. The van der Waals surface area contributed by atoms with Crippen molar-refractivity contribution in [3.63, 3.8) is 0 Å². The summed E-state index contributed by atoms with van der Waals surface area (Å²) in [5.74, 6) is 0. The number of urea groups is 1. The largest absolute Gasteiger partial charge is 0.352 e. The number of primary amides is 1. The Hall–Kier alpha value is -1.51. The van der Waals surface area contributed by atoms with Crippen LogP contribution in [0, 0.1) is 0 Å². The van der Waals surface area contributed by atoms with Crippen molar-refractivity contribution in [3.8, 4) is 0 Å². The zero-order chi connectivity index (χ0) is 9.26. The molecule has 1 aromatic rings. The van der Waals surface area contributed by atoms with E-state index in [0.29, 0.717) is 0 Å². The highest BCUT2D eigenvalue weighted by Crippen LogP contribution is 2.30. The van der Waals surface area contributed by atoms with Gasteiger partial charge in [0, 0.05) is 0 Å². The van der Waals surface area contributed by atoms with Gasteiger partial charge >= 0.3 is 6.03 Å². The topological polar surface area (TPSA) is 55.1 Å². The van der Waals surface area contributed by atoms with Crippen LogP contribution in [0.15, 0.2) is 24.3 Å². The zero-order valence-electron chi connectivity index (χ0n) is 7.29. The molecule has 1 atom stereocenters. The highest BCUT2D eigenvalue weighted by Gasteiger charge is 2.22. The van der Waals surface area contributed by atoms with Crippen LogP contribution in [-0.2, 0) is 6.42 Å². The number of amides is 2. The third-order valence-electron chi connectivity index (χ3n) is 2.45. The summed E-state index contributed by atoms with van der Waals surface area (Å²) < 4.78 is 0. The van der Waals surface area contributed by atoms with E-state index in [0.717, 1.165) is 12.8 Å². The predicted molar refractivity (Wildman–Crippen MR) is 50.2 cm³/mol. The van der Waals surface area contributed by atoms with Gasteiger partial charge in [-0.1, -0.05) is 24.3 Å². The first kappa shape index (κ1) is 8.10. The second kappa shape index (κ2) is 3.09. The molecule has 0 saturated carbocycles. The van der Waals surface area contributed by atoms with Crippen LogP contribution in [0.25, 0.3) is 0 Å². The predicted octanol–water partition coefficient (Wildman–Crippen LogP) is 1.34. The van der Waals surface area contributed by atoms with Crippen LogP contribution in [0.1, 0.15) is 23.6 Å². The molecule has 0 saturated heterocycles. The number of nitrogens with one attached hydrogen (secondary N) is 1. The fourth-order valence-corrected chi connectivity index (χ4v) is 1.88. The third kappa shape index (κ3) is 1.49. The fraction of sp³-hybridized carbons (Fsp3) is 0.300. The number of carbonyl (C=O) groups excluding carboxylic acids is 1. The van der Waals surface area contributed by atoms with Gasteiger partial charge < -0.3 is 11.1 Å². The molecule has 0 radical (unpaired) electrons. The summed E-state index contributed by atoms with van der Waals surface area (Å²) in [6.45, 7) is 0. The van der Waals surface area contributed by atoms with Crippen molar-refractivity contribution in [2.24, 2.45) is 5.73 Å². The molecule has 0 unspecified atom stereocenters. The summed E-state index contributed by atoms with van der Waals surface area (Å²) in [5, 5.41) is 2.74. The standard InChI is InChI=1S/C10H12N2O/c11-10(13)12-9-6-5-7-3-1-2-4-8(7)9/h1-4,9H,5-6H2,(H3,11,12,13)/t9-/m1/s1. The first-order valence-electron chi connectivity index (χ1n) is 4.41. The highest BCUT2D eigenvalue weighted by atomic mass is 16.2. The Balaban J connectivity index is 2.23. The van der Waals surface area contributed by atoms with Crippen molar-refractivity contribution in [2.75, 3.05) is 0 Å². The Bertz CT molecular complexity index is 335. The average molecular weight is 176 g/mol. The quantitative estimate of drug-likeness (QED) is 0.666. The van der Waals surface area contributed by atoms with E-state index in [1.165, 1.54) is 11.1 Å². The highest BCUT2D eigenvalue weighted by molar-refractivity contribution is 5.72. The van der Waals surface area contributed by atoms with E-state index >= 15 is 0 Å². The number of nitrogens with two attached hydrogens (primary N) is 1. The molecule has 13 heavy (non-hydrogen) atoms. The van der Waals surface area contributed by atoms with Crippen LogP contribution in [0.2, 0.25) is 0 Å². The van der Waals surface area contributed by atoms with Crippen LogP contribution in [-0.4, -0.2) is 6.03 Å². The molecule has 3 heteroatoms. The summed E-state index contributed by atoms with van der Waals surface area (Å²) >= 11 is 0. The summed E-state index contributed by atoms with van der Waals surface area (Å²) in [6, 6.07) is 7.82. The first-order valence-corrected chi connectivity index (χ1v) is 4.41. The third-order valence-corrected chi connectivity index (χ3v) is 2.45. The van der Waals surface area contributed by atoms with Gasteiger partial charge in [-0.3, -0.25) is 0 Å². The van der Waals surface area contributed by atoms with E-state index in [-0.39, 0.29) is 6.04 Å². The second-order valence-corrected chi connectivity index (χ2v) is 3.30. The van der Waals surface area contributed by atoms with Crippen molar-refractivity contribution >= 4 is 6.03 Å². The van der Waals surface area contributed by atoms with Gasteiger partial charge in [-0.25, -0.2) is 4.79 Å². The fourth-order valence-electron chi connectivity index (χ4n) is 1.88. The zero-order valence-corrected chi connectivity index (χ0v) is 7.29. The Morgan fingerprint density at radius 2 is 2.23 bits per heavy atom. The summed E-state index contributed by atoms with van der Waals surface area (Å²) in [6.07, 6.45) is 1.99. The smallest absolute Gasteiger partial charge is 0.312 e. The van der Waals surface area contributed by atoms with Gasteiger partial charge in [-0.05, 0) is 24.0 Å². The minimum Gasteiger partial charge on any atom is -0.352 e. The lowest BCUT2D eigenvalue weighted by atomic mass is 10.1. The molecule has 3 nitrogen and oxygen atoms in total. The molecule has 2 amide bonds. The Labute approximate surface area is 76.9 Å². The first-order chi connectivity index (χ1) is 6.27. The van der Waals surface area contributed by atoms with E-state index in [2.05, 4.69) is 11.4 Å². The van der Waals surface area contributed by atoms with Crippen molar-refractivity contribution < 1.29 is 4.79 Å². The molecule has 2 rings (SSSR count). The molecule has 0 aromatic heterocycles. The monoisotopic (exact) mass is 176 g/mol. The number of carbonyl (C=O) groups is 1. The number of hydrogen-bond acceptors (Lipinski definition) is 1. The van der Waals surface area contributed by atoms with E-state index in [4.69, 9.17) is 5.73 Å². The van der Waals surface area contributed by atoms with Crippen molar-refractivity contribution in [1.29, 1.82) is 0 Å². The number of rotatable bonds is 1. The molecule has 1 aromatic carbocycles. The number of fused-ring (bicyclic) bond motifs is 1. The molecule has 0 fully saturated rings. The van der Waals surface area contributed by atoms with Crippen LogP contribution in [0.4, 0.5) is 4.79 Å². The molecule has 0 heterocycles. The maximum Gasteiger partial charge on any atom is 0.312 e. The Morgan fingerprint density at radius 3 is 3.00 bits per heavy atom. The number of benzene rings is 1. The van der Waals surface area contributed by atoms with Gasteiger partial charge in [0.1, 0.15) is 0 Å². The molecule has 1 aliphatic carbocycles. The van der Waals surface area contributed by atoms with Gasteiger partial charge in [-0.2, -0.15) is 0 Å². The molecular weight excluding hydrogens is 164 g/mol. The molecule has 0 spiro atoms. The normalized spacial score (nSPS) is 19.5. The molecule has 1 aliphatic rings. The van der Waals surface area contributed by atoms with Crippen LogP contribution < -0.4 is 11.1 Å². The van der Waals surface area contributed by atoms with Crippen molar-refractivity contribution in [2.45, 2.75) is 18.9 Å². The molecular formula is C10H12N2O. The van der Waals surface area contributed by atoms with Crippen LogP contribution in [0.3, 0.4) is 0 Å². The van der Waals surface area contributed by atoms with E-state index in [9.17, 15) is 4.79 Å². The SMILES string of the molecule is NC(=O)N[C@@H]1CCc2ccccc21. The van der Waals surface area contributed by atoms with E-state index in [1.807, 2.05) is 18.2 Å². The van der Waals surface area contributed by atoms with Gasteiger partial charge in [0.15, 0.2) is 0 Å². The lowest BCUT2D eigenvalue weighted by molar-refractivity contribution is 0.245. The second-order valence-electron chi connectivity index (χ2n) is 3.30. The molecule has 0 bridgehead atoms. The summed E-state index contributed by atoms with van der Waals surface area (Å²) in [4.78, 5) is 10.7. The summed E-state index contributed by atoms with van der Waals surface area (Å²) in [7, 11) is 0. The van der Waals surface area contributed by atoms with Crippen molar-refractivity contribution in [1.82, 2.24) is 5.32 Å².